The molecule has 3 nitrogen and oxygen atoms in total. The molecule has 0 aromatic carbocycles. The zero-order chi connectivity index (χ0) is 19.3. The van der Waals surface area contributed by atoms with Crippen LogP contribution in [0.25, 0.3) is 0 Å². The Morgan fingerprint density at radius 2 is 0.769 bits per heavy atom. The van der Waals surface area contributed by atoms with Gasteiger partial charge in [-0.1, -0.05) is 91.9 Å². The molecule has 0 fully saturated rings. The van der Waals surface area contributed by atoms with Crippen molar-refractivity contribution < 1.29 is 13.3 Å². The van der Waals surface area contributed by atoms with Gasteiger partial charge in [-0.05, 0) is 25.7 Å². The molecular formula is C22H48O3Si. The maximum absolute atomic E-state index is 6.32. The first-order valence-electron chi connectivity index (χ1n) is 11.7. The Balaban J connectivity index is 4.38. The summed E-state index contributed by atoms with van der Waals surface area (Å²) in [5.74, 6) is 0. The largest absolute Gasteiger partial charge is 0.500 e. The summed E-state index contributed by atoms with van der Waals surface area (Å²) in [6.07, 6.45) is 17.5. The second-order valence-electron chi connectivity index (χ2n) is 7.51. The van der Waals surface area contributed by atoms with E-state index in [1.165, 1.54) is 51.4 Å². The third-order valence-electron chi connectivity index (χ3n) is 4.80. The number of hydrogen-bond acceptors (Lipinski definition) is 3. The van der Waals surface area contributed by atoms with Crippen LogP contribution in [0.5, 0.6) is 0 Å². The Bertz CT molecular complexity index is 248. The topological polar surface area (TPSA) is 27.7 Å². The summed E-state index contributed by atoms with van der Waals surface area (Å²) in [6, 6.07) is 0.999. The van der Waals surface area contributed by atoms with E-state index in [2.05, 4.69) is 27.7 Å². The molecule has 4 heteroatoms. The molecule has 0 amide bonds. The third kappa shape index (κ3) is 15.2. The zero-order valence-corrected chi connectivity index (χ0v) is 19.5. The molecule has 0 unspecified atom stereocenters. The van der Waals surface area contributed by atoms with Crippen LogP contribution in [0, 0.1) is 0 Å². The predicted molar refractivity (Wildman–Crippen MR) is 116 cm³/mol. The molecule has 0 heterocycles. The first-order chi connectivity index (χ1) is 12.7. The van der Waals surface area contributed by atoms with Crippen LogP contribution in [0.2, 0.25) is 6.04 Å². The highest BCUT2D eigenvalue weighted by Gasteiger charge is 2.40. The molecule has 0 aliphatic rings. The van der Waals surface area contributed by atoms with Gasteiger partial charge in [-0.15, -0.1) is 0 Å². The molecule has 0 atom stereocenters. The van der Waals surface area contributed by atoms with Crippen molar-refractivity contribution in [2.45, 2.75) is 124 Å². The molecule has 0 aromatic rings. The van der Waals surface area contributed by atoms with Crippen LogP contribution in [0.3, 0.4) is 0 Å². The Morgan fingerprint density at radius 1 is 0.423 bits per heavy atom. The quantitative estimate of drug-likeness (QED) is 0.150. The lowest BCUT2D eigenvalue weighted by Crippen LogP contribution is -2.46. The summed E-state index contributed by atoms with van der Waals surface area (Å²) in [5, 5.41) is 0. The highest BCUT2D eigenvalue weighted by Crippen LogP contribution is 2.22. The SMILES string of the molecule is CCCCCCCCCC[Si](OCCCC)(OCCCC)OCCCC. The summed E-state index contributed by atoms with van der Waals surface area (Å²) in [4.78, 5) is 0. The Kier molecular flexibility index (Phi) is 19.9. The van der Waals surface area contributed by atoms with Crippen LogP contribution >= 0.6 is 0 Å². The molecule has 0 rings (SSSR count). The van der Waals surface area contributed by atoms with Gasteiger partial charge in [-0.25, -0.2) is 0 Å². The van der Waals surface area contributed by atoms with Gasteiger partial charge in [0.05, 0.1) is 0 Å². The van der Waals surface area contributed by atoms with Gasteiger partial charge in [-0.3, -0.25) is 0 Å². The molecule has 0 spiro atoms. The van der Waals surface area contributed by atoms with E-state index in [0.717, 1.165) is 64.4 Å². The molecule has 158 valence electrons. The smallest absolute Gasteiger partial charge is 0.373 e. The Morgan fingerprint density at radius 3 is 1.15 bits per heavy atom. The van der Waals surface area contributed by atoms with Crippen molar-refractivity contribution in [2.24, 2.45) is 0 Å². The summed E-state index contributed by atoms with van der Waals surface area (Å²) < 4.78 is 19.0. The van der Waals surface area contributed by atoms with Crippen molar-refractivity contribution in [3.63, 3.8) is 0 Å². The van der Waals surface area contributed by atoms with E-state index in [1.807, 2.05) is 0 Å². The molecule has 0 saturated heterocycles. The van der Waals surface area contributed by atoms with E-state index in [-0.39, 0.29) is 0 Å². The van der Waals surface area contributed by atoms with Crippen LogP contribution in [0.4, 0.5) is 0 Å². The minimum Gasteiger partial charge on any atom is -0.373 e. The predicted octanol–water partition coefficient (Wildman–Crippen LogP) is 7.52. The number of unbranched alkanes of at least 4 members (excludes halogenated alkanes) is 10. The van der Waals surface area contributed by atoms with Gasteiger partial charge >= 0.3 is 8.80 Å². The fourth-order valence-corrected chi connectivity index (χ4v) is 5.66. The van der Waals surface area contributed by atoms with Gasteiger partial charge in [0.25, 0.3) is 0 Å². The highest BCUT2D eigenvalue weighted by atomic mass is 28.4. The van der Waals surface area contributed by atoms with Crippen LogP contribution in [0.1, 0.15) is 118 Å². The summed E-state index contributed by atoms with van der Waals surface area (Å²) in [5.41, 5.74) is 0. The minimum atomic E-state index is -2.49. The fraction of sp³-hybridized carbons (Fsp3) is 1.00. The van der Waals surface area contributed by atoms with Gasteiger partial charge in [0.1, 0.15) is 0 Å². The van der Waals surface area contributed by atoms with Crippen LogP contribution in [0.15, 0.2) is 0 Å². The number of rotatable bonds is 21. The van der Waals surface area contributed by atoms with Gasteiger partial charge < -0.3 is 13.3 Å². The van der Waals surface area contributed by atoms with Gasteiger partial charge in [0.2, 0.25) is 0 Å². The van der Waals surface area contributed by atoms with Crippen LogP contribution < -0.4 is 0 Å². The van der Waals surface area contributed by atoms with E-state index in [9.17, 15) is 0 Å². The highest BCUT2D eigenvalue weighted by molar-refractivity contribution is 6.60. The normalized spacial score (nSPS) is 12.0. The maximum Gasteiger partial charge on any atom is 0.500 e. The minimum absolute atomic E-state index is 0.790. The van der Waals surface area contributed by atoms with Gasteiger partial charge in [0.15, 0.2) is 0 Å². The molecule has 0 aliphatic heterocycles. The second-order valence-corrected chi connectivity index (χ2v) is 10.2. The Labute approximate surface area is 165 Å². The van der Waals surface area contributed by atoms with E-state index in [1.54, 1.807) is 0 Å². The van der Waals surface area contributed by atoms with E-state index in [0.29, 0.717) is 0 Å². The molecule has 0 aromatic heterocycles. The van der Waals surface area contributed by atoms with Crippen LogP contribution in [-0.4, -0.2) is 28.6 Å². The molecule has 0 bridgehead atoms. The van der Waals surface area contributed by atoms with E-state index < -0.39 is 8.80 Å². The van der Waals surface area contributed by atoms with Crippen molar-refractivity contribution in [3.05, 3.63) is 0 Å². The van der Waals surface area contributed by atoms with E-state index in [4.69, 9.17) is 13.3 Å². The first kappa shape index (κ1) is 26.1. The summed E-state index contributed by atoms with van der Waals surface area (Å²) in [6.45, 7) is 11.3. The molecule has 26 heavy (non-hydrogen) atoms. The number of hydrogen-bond donors (Lipinski definition) is 0. The maximum atomic E-state index is 6.32. The van der Waals surface area contributed by atoms with Crippen molar-refractivity contribution in [2.75, 3.05) is 19.8 Å². The lowest BCUT2D eigenvalue weighted by Gasteiger charge is -2.30. The van der Waals surface area contributed by atoms with Gasteiger partial charge in [-0.2, -0.15) is 0 Å². The first-order valence-corrected chi connectivity index (χ1v) is 13.6. The third-order valence-corrected chi connectivity index (χ3v) is 7.69. The van der Waals surface area contributed by atoms with E-state index >= 15 is 0 Å². The molecule has 0 radical (unpaired) electrons. The molecule has 0 N–H and O–H groups in total. The standard InChI is InChI=1S/C22H48O3Si/c1-5-9-13-14-15-16-17-18-22-26(23-19-10-6-2,24-20-11-7-3)25-21-12-8-4/h5-22H2,1-4H3. The monoisotopic (exact) mass is 388 g/mol. The summed E-state index contributed by atoms with van der Waals surface area (Å²) in [7, 11) is -2.49. The Hall–Kier alpha value is 0.0969. The average Bonchev–Trinajstić information content (AvgIpc) is 2.64. The van der Waals surface area contributed by atoms with Crippen molar-refractivity contribution in [1.29, 1.82) is 0 Å². The van der Waals surface area contributed by atoms with Crippen molar-refractivity contribution >= 4 is 8.80 Å². The van der Waals surface area contributed by atoms with Crippen molar-refractivity contribution in [1.82, 2.24) is 0 Å². The second kappa shape index (κ2) is 19.8. The fourth-order valence-electron chi connectivity index (χ4n) is 2.93. The lowest BCUT2D eigenvalue weighted by atomic mass is 10.1. The molecule has 0 saturated carbocycles. The summed E-state index contributed by atoms with van der Waals surface area (Å²) >= 11 is 0. The van der Waals surface area contributed by atoms with Crippen molar-refractivity contribution in [3.8, 4) is 0 Å². The average molecular weight is 389 g/mol. The molecular weight excluding hydrogens is 340 g/mol. The van der Waals surface area contributed by atoms with Gasteiger partial charge in [0, 0.05) is 25.9 Å². The lowest BCUT2D eigenvalue weighted by molar-refractivity contribution is 0.0557. The molecule has 0 aliphatic carbocycles. The van der Waals surface area contributed by atoms with Crippen LogP contribution in [-0.2, 0) is 13.3 Å². The zero-order valence-electron chi connectivity index (χ0n) is 18.5.